The normalized spacial score (nSPS) is 17.4. The molecule has 1 aromatic carbocycles. The van der Waals surface area contributed by atoms with Crippen molar-refractivity contribution in [1.82, 2.24) is 0 Å². The molecular weight excluding hydrogens is 206 g/mol. The number of nitro benzene ring substituents is 1. The number of hydrogen-bond acceptors (Lipinski definition) is 4. The molecule has 0 aliphatic carbocycles. The first-order valence-electron chi connectivity index (χ1n) is 5.42. The molecule has 2 rings (SSSR count). The van der Waals surface area contributed by atoms with Gasteiger partial charge in [0.05, 0.1) is 4.92 Å². The third-order valence-electron chi connectivity index (χ3n) is 2.95. The molecule has 0 amide bonds. The minimum absolute atomic E-state index is 0.146. The van der Waals surface area contributed by atoms with Gasteiger partial charge in [0.1, 0.15) is 0 Å². The molecule has 0 spiro atoms. The van der Waals surface area contributed by atoms with Crippen molar-refractivity contribution in [3.8, 4) is 0 Å². The van der Waals surface area contributed by atoms with E-state index in [1.165, 1.54) is 6.07 Å². The van der Waals surface area contributed by atoms with Gasteiger partial charge in [-0.05, 0) is 18.9 Å². The topological polar surface area (TPSA) is 72.4 Å². The smallest absolute Gasteiger partial charge is 0.271 e. The highest BCUT2D eigenvalue weighted by Gasteiger charge is 2.17. The second-order valence-corrected chi connectivity index (χ2v) is 4.10. The summed E-state index contributed by atoms with van der Waals surface area (Å²) in [6.07, 6.45) is 1.89. The minimum Gasteiger partial charge on any atom is -0.371 e. The molecule has 1 saturated heterocycles. The molecule has 0 bridgehead atoms. The van der Waals surface area contributed by atoms with Gasteiger partial charge in [0, 0.05) is 37.0 Å². The van der Waals surface area contributed by atoms with Gasteiger partial charge in [-0.3, -0.25) is 10.1 Å². The summed E-state index contributed by atoms with van der Waals surface area (Å²) in [5, 5.41) is 10.7. The number of hydrogen-bond donors (Lipinski definition) is 1. The highest BCUT2D eigenvalue weighted by molar-refractivity contribution is 5.53. The largest absolute Gasteiger partial charge is 0.371 e. The predicted molar refractivity (Wildman–Crippen MR) is 62.5 cm³/mol. The van der Waals surface area contributed by atoms with Crippen LogP contribution in [0.15, 0.2) is 24.3 Å². The van der Waals surface area contributed by atoms with E-state index in [9.17, 15) is 10.1 Å². The van der Waals surface area contributed by atoms with Crippen LogP contribution in [-0.4, -0.2) is 24.1 Å². The molecule has 1 aliphatic rings. The lowest BCUT2D eigenvalue weighted by Crippen LogP contribution is -2.39. The SMILES string of the molecule is NC1CCN(c2cccc([N+](=O)[O-])c2)CC1. The first kappa shape index (κ1) is 10.9. The molecule has 86 valence electrons. The number of non-ortho nitro benzene ring substituents is 1. The number of anilines is 1. The van der Waals surface area contributed by atoms with Crippen molar-refractivity contribution in [2.45, 2.75) is 18.9 Å². The van der Waals surface area contributed by atoms with Crippen LogP contribution >= 0.6 is 0 Å². The molecule has 1 aliphatic heterocycles. The molecule has 0 aromatic heterocycles. The number of nitro groups is 1. The fraction of sp³-hybridized carbons (Fsp3) is 0.455. The van der Waals surface area contributed by atoms with Crippen molar-refractivity contribution in [2.24, 2.45) is 5.73 Å². The maximum absolute atomic E-state index is 10.7. The van der Waals surface area contributed by atoms with Crippen LogP contribution in [-0.2, 0) is 0 Å². The molecule has 0 radical (unpaired) electrons. The van der Waals surface area contributed by atoms with E-state index in [4.69, 9.17) is 5.73 Å². The second-order valence-electron chi connectivity index (χ2n) is 4.10. The van der Waals surface area contributed by atoms with E-state index in [2.05, 4.69) is 4.90 Å². The lowest BCUT2D eigenvalue weighted by molar-refractivity contribution is -0.384. The fourth-order valence-corrected chi connectivity index (χ4v) is 1.96. The van der Waals surface area contributed by atoms with Gasteiger partial charge in [0.2, 0.25) is 0 Å². The zero-order valence-electron chi connectivity index (χ0n) is 9.00. The zero-order chi connectivity index (χ0) is 11.5. The first-order valence-corrected chi connectivity index (χ1v) is 5.42. The number of rotatable bonds is 2. The third-order valence-corrected chi connectivity index (χ3v) is 2.95. The summed E-state index contributed by atoms with van der Waals surface area (Å²) >= 11 is 0. The van der Waals surface area contributed by atoms with E-state index in [-0.39, 0.29) is 16.7 Å². The van der Waals surface area contributed by atoms with Crippen molar-refractivity contribution >= 4 is 11.4 Å². The number of benzene rings is 1. The zero-order valence-corrected chi connectivity index (χ0v) is 9.00. The van der Waals surface area contributed by atoms with Gasteiger partial charge < -0.3 is 10.6 Å². The molecule has 5 nitrogen and oxygen atoms in total. The van der Waals surface area contributed by atoms with Crippen molar-refractivity contribution in [1.29, 1.82) is 0 Å². The van der Waals surface area contributed by atoms with Crippen LogP contribution in [0, 0.1) is 10.1 Å². The van der Waals surface area contributed by atoms with E-state index >= 15 is 0 Å². The monoisotopic (exact) mass is 221 g/mol. The number of nitrogens with two attached hydrogens (primary N) is 1. The molecule has 5 heteroatoms. The van der Waals surface area contributed by atoms with Gasteiger partial charge >= 0.3 is 0 Å². The molecule has 0 saturated carbocycles. The lowest BCUT2D eigenvalue weighted by atomic mass is 10.1. The van der Waals surface area contributed by atoms with Crippen molar-refractivity contribution < 1.29 is 4.92 Å². The van der Waals surface area contributed by atoms with Crippen LogP contribution in [0.5, 0.6) is 0 Å². The first-order chi connectivity index (χ1) is 7.66. The highest BCUT2D eigenvalue weighted by Crippen LogP contribution is 2.23. The Kier molecular flexibility index (Phi) is 3.05. The summed E-state index contributed by atoms with van der Waals surface area (Å²) in [5.41, 5.74) is 6.88. The number of nitrogens with zero attached hydrogens (tertiary/aromatic N) is 2. The van der Waals surface area contributed by atoms with Crippen LogP contribution < -0.4 is 10.6 Å². The Morgan fingerprint density at radius 2 is 2.06 bits per heavy atom. The summed E-state index contributed by atoms with van der Waals surface area (Å²) in [4.78, 5) is 12.4. The summed E-state index contributed by atoms with van der Waals surface area (Å²) in [6.45, 7) is 1.75. The Balaban J connectivity index is 2.14. The van der Waals surface area contributed by atoms with E-state index in [0.29, 0.717) is 0 Å². The number of piperidine rings is 1. The Bertz CT molecular complexity index is 387. The predicted octanol–water partition coefficient (Wildman–Crippen LogP) is 1.52. The summed E-state index contributed by atoms with van der Waals surface area (Å²) in [6, 6.07) is 7.04. The van der Waals surface area contributed by atoms with Gasteiger partial charge in [-0.15, -0.1) is 0 Å². The van der Waals surface area contributed by atoms with Crippen LogP contribution in [0.4, 0.5) is 11.4 Å². The van der Waals surface area contributed by atoms with E-state index < -0.39 is 0 Å². The van der Waals surface area contributed by atoms with Gasteiger partial charge in [-0.2, -0.15) is 0 Å². The molecule has 0 atom stereocenters. The molecule has 0 unspecified atom stereocenters. The van der Waals surface area contributed by atoms with Crippen LogP contribution in [0.25, 0.3) is 0 Å². The highest BCUT2D eigenvalue weighted by atomic mass is 16.6. The third kappa shape index (κ3) is 2.30. The minimum atomic E-state index is -0.362. The molecule has 2 N–H and O–H groups in total. The van der Waals surface area contributed by atoms with Crippen LogP contribution in [0.3, 0.4) is 0 Å². The average Bonchev–Trinajstić information content (AvgIpc) is 2.30. The molecular formula is C11H15N3O2. The standard InChI is InChI=1S/C11H15N3O2/c12-9-4-6-13(7-5-9)10-2-1-3-11(8-10)14(15)16/h1-3,8-9H,4-7,12H2. The van der Waals surface area contributed by atoms with E-state index in [1.807, 2.05) is 6.07 Å². The van der Waals surface area contributed by atoms with Crippen LogP contribution in [0.1, 0.15) is 12.8 Å². The fourth-order valence-electron chi connectivity index (χ4n) is 1.96. The summed E-state index contributed by atoms with van der Waals surface area (Å²) < 4.78 is 0. The second kappa shape index (κ2) is 4.49. The van der Waals surface area contributed by atoms with Gasteiger partial charge in [0.25, 0.3) is 5.69 Å². The van der Waals surface area contributed by atoms with E-state index in [1.54, 1.807) is 12.1 Å². The molecule has 16 heavy (non-hydrogen) atoms. The lowest BCUT2D eigenvalue weighted by Gasteiger charge is -2.31. The maximum atomic E-state index is 10.7. The Morgan fingerprint density at radius 3 is 2.69 bits per heavy atom. The van der Waals surface area contributed by atoms with E-state index in [0.717, 1.165) is 31.6 Å². The summed E-state index contributed by atoms with van der Waals surface area (Å²) in [5.74, 6) is 0. The Labute approximate surface area is 94.0 Å². The molecule has 1 fully saturated rings. The van der Waals surface area contributed by atoms with Gasteiger partial charge in [-0.25, -0.2) is 0 Å². The average molecular weight is 221 g/mol. The van der Waals surface area contributed by atoms with Crippen molar-refractivity contribution in [2.75, 3.05) is 18.0 Å². The van der Waals surface area contributed by atoms with Crippen LogP contribution in [0.2, 0.25) is 0 Å². The van der Waals surface area contributed by atoms with Gasteiger partial charge in [0.15, 0.2) is 0 Å². The maximum Gasteiger partial charge on any atom is 0.271 e. The molecule has 1 aromatic rings. The Morgan fingerprint density at radius 1 is 1.38 bits per heavy atom. The van der Waals surface area contributed by atoms with Crippen molar-refractivity contribution in [3.05, 3.63) is 34.4 Å². The van der Waals surface area contributed by atoms with Gasteiger partial charge in [-0.1, -0.05) is 6.07 Å². The molecule has 1 heterocycles. The van der Waals surface area contributed by atoms with Crippen molar-refractivity contribution in [3.63, 3.8) is 0 Å². The quantitative estimate of drug-likeness (QED) is 0.607. The Hall–Kier alpha value is -1.62. The summed E-state index contributed by atoms with van der Waals surface area (Å²) in [7, 11) is 0.